The van der Waals surface area contributed by atoms with Gasteiger partial charge in [0.15, 0.2) is 5.13 Å². The molecule has 0 radical (unpaired) electrons. The predicted molar refractivity (Wildman–Crippen MR) is 150 cm³/mol. The second-order valence-corrected chi connectivity index (χ2v) is 10.6. The number of amides is 2. The van der Waals surface area contributed by atoms with E-state index in [4.69, 9.17) is 15.5 Å². The molecule has 0 unspecified atom stereocenters. The van der Waals surface area contributed by atoms with Crippen LogP contribution >= 0.6 is 11.3 Å². The van der Waals surface area contributed by atoms with Gasteiger partial charge in [-0.25, -0.2) is 19.7 Å². The van der Waals surface area contributed by atoms with Crippen molar-refractivity contribution in [3.8, 4) is 28.1 Å². The molecule has 5 rings (SSSR count). The van der Waals surface area contributed by atoms with Crippen molar-refractivity contribution in [3.05, 3.63) is 42.9 Å². The molecule has 1 fully saturated rings. The minimum absolute atomic E-state index is 0.395. The van der Waals surface area contributed by atoms with Crippen LogP contribution in [0, 0.1) is 5.41 Å². The summed E-state index contributed by atoms with van der Waals surface area (Å²) >= 11 is 1.37. The highest BCUT2D eigenvalue weighted by molar-refractivity contribution is 7.23. The number of nitrogens with two attached hydrogens (primary N) is 1. The van der Waals surface area contributed by atoms with Crippen LogP contribution in [0.25, 0.3) is 32.6 Å². The van der Waals surface area contributed by atoms with E-state index >= 15 is 0 Å². The standard InChI is InChI=1S/C27H29N7O4S/c1-4-34(24(28)37)26-32-21-12-16(11-19(22(21)39-26)20-13-18(38-3)5-8-29-20)17-14-30-25(31-15-17)33-9-6-27(2,7-10-33)23(35)36/h5,8,11-15H,4,6-7,9-10H2,1-3H3,(H2,28,37)(H,35,36). The molecule has 0 spiro atoms. The van der Waals surface area contributed by atoms with Gasteiger partial charge in [0, 0.05) is 55.4 Å². The average molecular weight is 548 g/mol. The SMILES string of the molecule is CCN(C(N)=O)c1nc2cc(-c3cnc(N4CCC(C)(C(=O)O)CC4)nc3)cc(-c3cc(OC)ccn3)c2s1. The molecule has 202 valence electrons. The molecular formula is C27H29N7O4S. The molecule has 1 aliphatic heterocycles. The van der Waals surface area contributed by atoms with Crippen LogP contribution in [0.4, 0.5) is 15.9 Å². The first kappa shape index (κ1) is 26.3. The first-order chi connectivity index (χ1) is 18.7. The van der Waals surface area contributed by atoms with Gasteiger partial charge >= 0.3 is 12.0 Å². The zero-order valence-corrected chi connectivity index (χ0v) is 22.7. The van der Waals surface area contributed by atoms with E-state index < -0.39 is 17.4 Å². The van der Waals surface area contributed by atoms with E-state index in [0.29, 0.717) is 60.5 Å². The van der Waals surface area contributed by atoms with Gasteiger partial charge in [0.05, 0.1) is 28.4 Å². The van der Waals surface area contributed by atoms with Crippen molar-refractivity contribution in [1.29, 1.82) is 0 Å². The number of carboxylic acid groups (broad SMARTS) is 1. The smallest absolute Gasteiger partial charge is 0.321 e. The third kappa shape index (κ3) is 5.07. The van der Waals surface area contributed by atoms with Gasteiger partial charge in [-0.05, 0) is 50.5 Å². The monoisotopic (exact) mass is 547 g/mol. The summed E-state index contributed by atoms with van der Waals surface area (Å²) in [5, 5.41) is 10.0. The minimum Gasteiger partial charge on any atom is -0.497 e. The first-order valence-electron chi connectivity index (χ1n) is 12.5. The summed E-state index contributed by atoms with van der Waals surface area (Å²) in [7, 11) is 1.60. The fraction of sp³-hybridized carbons (Fsp3) is 0.333. The van der Waals surface area contributed by atoms with Crippen LogP contribution in [0.1, 0.15) is 26.7 Å². The minimum atomic E-state index is -0.766. The lowest BCUT2D eigenvalue weighted by atomic mass is 9.80. The summed E-state index contributed by atoms with van der Waals surface area (Å²) in [5.74, 6) is 0.472. The van der Waals surface area contributed by atoms with E-state index in [2.05, 4.69) is 15.0 Å². The van der Waals surface area contributed by atoms with E-state index in [0.717, 1.165) is 21.4 Å². The molecule has 0 bridgehead atoms. The molecule has 0 saturated carbocycles. The van der Waals surface area contributed by atoms with Gasteiger partial charge < -0.3 is 20.5 Å². The molecule has 3 N–H and O–H groups in total. The second-order valence-electron chi connectivity index (χ2n) is 9.66. The Balaban J connectivity index is 1.53. The van der Waals surface area contributed by atoms with Crippen molar-refractivity contribution in [2.75, 3.05) is 36.5 Å². The molecular weight excluding hydrogens is 518 g/mol. The van der Waals surface area contributed by atoms with Crippen LogP contribution < -0.4 is 20.3 Å². The topological polar surface area (TPSA) is 148 Å². The van der Waals surface area contributed by atoms with E-state index in [1.807, 2.05) is 30.0 Å². The number of benzene rings is 1. The zero-order chi connectivity index (χ0) is 27.7. The largest absolute Gasteiger partial charge is 0.497 e. The number of fused-ring (bicyclic) bond motifs is 1. The van der Waals surface area contributed by atoms with Gasteiger partial charge in [0.25, 0.3) is 0 Å². The Morgan fingerprint density at radius 3 is 2.49 bits per heavy atom. The number of carboxylic acids is 1. The van der Waals surface area contributed by atoms with E-state index in [-0.39, 0.29) is 0 Å². The molecule has 1 saturated heterocycles. The summed E-state index contributed by atoms with van der Waals surface area (Å²) in [6.07, 6.45) is 6.27. The molecule has 1 aliphatic rings. The number of pyridine rings is 1. The number of hydrogen-bond acceptors (Lipinski definition) is 9. The van der Waals surface area contributed by atoms with Crippen molar-refractivity contribution in [3.63, 3.8) is 0 Å². The number of piperidine rings is 1. The van der Waals surface area contributed by atoms with Crippen molar-refractivity contribution in [2.24, 2.45) is 11.1 Å². The quantitative estimate of drug-likeness (QED) is 0.343. The molecule has 4 aromatic rings. The normalized spacial score (nSPS) is 14.8. The number of rotatable bonds is 7. The Morgan fingerprint density at radius 2 is 1.87 bits per heavy atom. The number of primary amides is 1. The summed E-state index contributed by atoms with van der Waals surface area (Å²) < 4.78 is 6.28. The molecule has 0 aliphatic carbocycles. The average Bonchev–Trinajstić information content (AvgIpc) is 3.37. The van der Waals surface area contributed by atoms with Crippen LogP contribution in [0.5, 0.6) is 5.75 Å². The Labute approximate surface area is 229 Å². The van der Waals surface area contributed by atoms with Gasteiger partial charge in [-0.15, -0.1) is 0 Å². The highest BCUT2D eigenvalue weighted by atomic mass is 32.1. The van der Waals surface area contributed by atoms with Crippen LogP contribution in [0.15, 0.2) is 42.9 Å². The van der Waals surface area contributed by atoms with Gasteiger partial charge in [-0.2, -0.15) is 0 Å². The van der Waals surface area contributed by atoms with E-state index in [1.54, 1.807) is 38.7 Å². The second kappa shape index (κ2) is 10.4. The third-order valence-electron chi connectivity index (χ3n) is 7.17. The van der Waals surface area contributed by atoms with Crippen LogP contribution in [0.3, 0.4) is 0 Å². The molecule has 11 nitrogen and oxygen atoms in total. The number of methoxy groups -OCH3 is 1. The maximum atomic E-state index is 12.0. The number of aliphatic carboxylic acids is 1. The van der Waals surface area contributed by atoms with Crippen LogP contribution in [-0.4, -0.2) is 63.8 Å². The Morgan fingerprint density at radius 1 is 1.15 bits per heavy atom. The van der Waals surface area contributed by atoms with Crippen LogP contribution in [0.2, 0.25) is 0 Å². The number of nitrogens with zero attached hydrogens (tertiary/aromatic N) is 6. The Kier molecular flexibility index (Phi) is 7.04. The number of carbonyl (C=O) groups is 2. The highest BCUT2D eigenvalue weighted by Gasteiger charge is 2.37. The summed E-state index contributed by atoms with van der Waals surface area (Å²) in [6, 6.07) is 7.00. The number of hydrogen-bond donors (Lipinski definition) is 2. The Hall–Kier alpha value is -4.32. The molecule has 4 heterocycles. The molecule has 0 atom stereocenters. The van der Waals surface area contributed by atoms with Crippen LogP contribution in [-0.2, 0) is 4.79 Å². The zero-order valence-electron chi connectivity index (χ0n) is 21.9. The highest BCUT2D eigenvalue weighted by Crippen LogP contribution is 2.40. The van der Waals surface area contributed by atoms with Gasteiger partial charge in [-0.3, -0.25) is 14.7 Å². The third-order valence-corrected chi connectivity index (χ3v) is 8.30. The molecule has 12 heteroatoms. The number of aromatic nitrogens is 4. The molecule has 39 heavy (non-hydrogen) atoms. The lowest BCUT2D eigenvalue weighted by molar-refractivity contribution is -0.149. The number of thiazole rings is 1. The van der Waals surface area contributed by atoms with E-state index in [9.17, 15) is 14.7 Å². The lowest BCUT2D eigenvalue weighted by Gasteiger charge is -2.36. The summed E-state index contributed by atoms with van der Waals surface area (Å²) in [6.45, 7) is 5.18. The summed E-state index contributed by atoms with van der Waals surface area (Å²) in [4.78, 5) is 45.5. The summed E-state index contributed by atoms with van der Waals surface area (Å²) in [5.41, 5.74) is 8.72. The number of carbonyl (C=O) groups excluding carboxylic acids is 1. The van der Waals surface area contributed by atoms with Gasteiger partial charge in [0.2, 0.25) is 5.95 Å². The number of ether oxygens (including phenoxy) is 1. The molecule has 2 amide bonds. The number of urea groups is 1. The maximum absolute atomic E-state index is 12.0. The maximum Gasteiger partial charge on any atom is 0.321 e. The van der Waals surface area contributed by atoms with Crippen molar-refractivity contribution in [2.45, 2.75) is 26.7 Å². The van der Waals surface area contributed by atoms with Crippen molar-refractivity contribution < 1.29 is 19.4 Å². The fourth-order valence-corrected chi connectivity index (χ4v) is 5.75. The van der Waals surface area contributed by atoms with Crippen molar-refractivity contribution >= 4 is 44.6 Å². The van der Waals surface area contributed by atoms with E-state index in [1.165, 1.54) is 16.2 Å². The van der Waals surface area contributed by atoms with Crippen molar-refractivity contribution in [1.82, 2.24) is 19.9 Å². The fourth-order valence-electron chi connectivity index (χ4n) is 4.61. The number of anilines is 2. The molecule has 1 aromatic carbocycles. The predicted octanol–water partition coefficient (Wildman–Crippen LogP) is 4.42. The van der Waals surface area contributed by atoms with Gasteiger partial charge in [0.1, 0.15) is 5.75 Å². The Bertz CT molecular complexity index is 1530. The lowest BCUT2D eigenvalue weighted by Crippen LogP contribution is -2.43. The first-order valence-corrected chi connectivity index (χ1v) is 13.4. The van der Waals surface area contributed by atoms with Gasteiger partial charge in [-0.1, -0.05) is 11.3 Å². The molecule has 3 aromatic heterocycles.